The Kier molecular flexibility index (Phi) is 7.71. The molecule has 3 aromatic rings. The van der Waals surface area contributed by atoms with Crippen LogP contribution >= 0.6 is 0 Å². The Morgan fingerprint density at radius 2 is 1.61 bits per heavy atom. The maximum absolute atomic E-state index is 12.8. The number of benzene rings is 3. The third-order valence-corrected chi connectivity index (χ3v) is 4.48. The van der Waals surface area contributed by atoms with Crippen molar-refractivity contribution in [2.24, 2.45) is 0 Å². The fourth-order valence-corrected chi connectivity index (χ4v) is 3.01. The maximum Gasteiger partial charge on any atom is 0.189 e. The third-order valence-electron chi connectivity index (χ3n) is 4.48. The van der Waals surface area contributed by atoms with E-state index in [9.17, 15) is 9.90 Å². The van der Waals surface area contributed by atoms with Crippen molar-refractivity contribution in [1.29, 1.82) is 0 Å². The van der Waals surface area contributed by atoms with Crippen molar-refractivity contribution in [3.63, 3.8) is 0 Å². The predicted octanol–water partition coefficient (Wildman–Crippen LogP) is 5.66. The zero-order chi connectivity index (χ0) is 22.1. The summed E-state index contributed by atoms with van der Waals surface area (Å²) in [6.07, 6.45) is 3.14. The van der Waals surface area contributed by atoms with Crippen molar-refractivity contribution in [2.75, 3.05) is 13.2 Å². The fourth-order valence-electron chi connectivity index (χ4n) is 3.01. The summed E-state index contributed by atoms with van der Waals surface area (Å²) >= 11 is 0. The number of ketones is 1. The molecule has 1 N–H and O–H groups in total. The van der Waals surface area contributed by atoms with Gasteiger partial charge in [-0.3, -0.25) is 4.79 Å². The molecule has 5 nitrogen and oxygen atoms in total. The Balaban J connectivity index is 1.78. The van der Waals surface area contributed by atoms with Crippen LogP contribution in [0.3, 0.4) is 0 Å². The Bertz CT molecular complexity index is 1040. The first-order chi connectivity index (χ1) is 15.1. The van der Waals surface area contributed by atoms with Gasteiger partial charge in [-0.2, -0.15) is 0 Å². The molecule has 0 aliphatic rings. The average molecular weight is 418 g/mol. The number of aromatic hydroxyl groups is 1. The van der Waals surface area contributed by atoms with E-state index in [2.05, 4.69) is 0 Å². The molecule has 3 rings (SSSR count). The molecule has 0 saturated carbocycles. The first-order valence-corrected chi connectivity index (χ1v) is 10.2. The van der Waals surface area contributed by atoms with E-state index in [1.165, 1.54) is 12.1 Å². The minimum absolute atomic E-state index is 0.108. The summed E-state index contributed by atoms with van der Waals surface area (Å²) < 4.78 is 17.1. The number of carbonyl (C=O) groups is 1. The molecule has 0 aromatic heterocycles. The van der Waals surface area contributed by atoms with E-state index in [0.29, 0.717) is 48.2 Å². The lowest BCUT2D eigenvalue weighted by Crippen LogP contribution is -2.03. The highest BCUT2D eigenvalue weighted by atomic mass is 16.5. The molecular weight excluding hydrogens is 392 g/mol. The van der Waals surface area contributed by atoms with E-state index in [-0.39, 0.29) is 11.5 Å². The molecule has 0 saturated heterocycles. The van der Waals surface area contributed by atoms with Crippen molar-refractivity contribution in [3.05, 3.63) is 89.5 Å². The molecule has 3 aromatic carbocycles. The van der Waals surface area contributed by atoms with Gasteiger partial charge in [0.25, 0.3) is 0 Å². The van der Waals surface area contributed by atoms with E-state index >= 15 is 0 Å². The fraction of sp³-hybridized carbons (Fsp3) is 0.192. The number of carbonyl (C=O) groups excluding carboxylic acids is 1. The van der Waals surface area contributed by atoms with Gasteiger partial charge in [0.15, 0.2) is 5.78 Å². The molecule has 0 aliphatic carbocycles. The molecule has 0 aliphatic heterocycles. The molecule has 0 fully saturated rings. The Labute approximate surface area is 182 Å². The zero-order valence-electron chi connectivity index (χ0n) is 17.7. The first-order valence-electron chi connectivity index (χ1n) is 10.2. The molecule has 31 heavy (non-hydrogen) atoms. The summed E-state index contributed by atoms with van der Waals surface area (Å²) in [5.41, 5.74) is 2.21. The standard InChI is InChI=1S/C26H26O5/c1-3-29-25-16-21(27)12-10-20(25)11-15-24(28)23-14-13-22(17-26(23)30-4-2)31-18-19-8-6-5-7-9-19/h5-17,27H,3-4,18H2,1-2H3. The van der Waals surface area contributed by atoms with Crippen molar-refractivity contribution >= 4 is 11.9 Å². The summed E-state index contributed by atoms with van der Waals surface area (Å²) in [4.78, 5) is 12.8. The van der Waals surface area contributed by atoms with Gasteiger partial charge in [-0.05, 0) is 55.8 Å². The number of rotatable bonds is 10. The van der Waals surface area contributed by atoms with Crippen LogP contribution < -0.4 is 14.2 Å². The van der Waals surface area contributed by atoms with Crippen LogP contribution in [0.25, 0.3) is 6.08 Å². The largest absolute Gasteiger partial charge is 0.508 e. The van der Waals surface area contributed by atoms with Crippen LogP contribution in [0.15, 0.2) is 72.8 Å². The summed E-state index contributed by atoms with van der Waals surface area (Å²) in [6.45, 7) is 5.04. The van der Waals surface area contributed by atoms with Gasteiger partial charge in [0.1, 0.15) is 29.6 Å². The second-order valence-electron chi connectivity index (χ2n) is 6.72. The lowest BCUT2D eigenvalue weighted by Gasteiger charge is -2.12. The van der Waals surface area contributed by atoms with Crippen LogP contribution in [-0.2, 0) is 6.61 Å². The van der Waals surface area contributed by atoms with Crippen LogP contribution in [0.2, 0.25) is 0 Å². The smallest absolute Gasteiger partial charge is 0.189 e. The number of hydrogen-bond acceptors (Lipinski definition) is 5. The molecule has 0 radical (unpaired) electrons. The van der Waals surface area contributed by atoms with Gasteiger partial charge >= 0.3 is 0 Å². The van der Waals surface area contributed by atoms with Crippen LogP contribution in [0.1, 0.15) is 35.3 Å². The van der Waals surface area contributed by atoms with Crippen molar-refractivity contribution in [3.8, 4) is 23.0 Å². The Morgan fingerprint density at radius 3 is 2.35 bits per heavy atom. The van der Waals surface area contributed by atoms with E-state index in [1.807, 2.05) is 44.2 Å². The van der Waals surface area contributed by atoms with Crippen LogP contribution in [0.4, 0.5) is 0 Å². The number of phenolic OH excluding ortho intramolecular Hbond substituents is 1. The van der Waals surface area contributed by atoms with Crippen LogP contribution in [0.5, 0.6) is 23.0 Å². The highest BCUT2D eigenvalue weighted by Gasteiger charge is 2.12. The average Bonchev–Trinajstić information content (AvgIpc) is 2.78. The molecular formula is C26H26O5. The Morgan fingerprint density at radius 1 is 0.871 bits per heavy atom. The van der Waals surface area contributed by atoms with E-state index in [1.54, 1.807) is 36.4 Å². The normalized spacial score (nSPS) is 10.8. The maximum atomic E-state index is 12.8. The summed E-state index contributed by atoms with van der Waals surface area (Å²) in [7, 11) is 0. The van der Waals surface area contributed by atoms with Gasteiger partial charge in [0.05, 0.1) is 18.8 Å². The number of hydrogen-bond donors (Lipinski definition) is 1. The lowest BCUT2D eigenvalue weighted by atomic mass is 10.1. The quantitative estimate of drug-likeness (QED) is 0.340. The molecule has 5 heteroatoms. The topological polar surface area (TPSA) is 65.0 Å². The first kappa shape index (κ1) is 22.0. The van der Waals surface area contributed by atoms with Crippen molar-refractivity contribution in [1.82, 2.24) is 0 Å². The van der Waals surface area contributed by atoms with Gasteiger partial charge < -0.3 is 19.3 Å². The molecule has 0 amide bonds. The SMILES string of the molecule is CCOc1cc(O)ccc1C=CC(=O)c1ccc(OCc2ccccc2)cc1OCC. The van der Waals surface area contributed by atoms with E-state index in [0.717, 1.165) is 5.56 Å². The van der Waals surface area contributed by atoms with E-state index in [4.69, 9.17) is 14.2 Å². The molecule has 0 spiro atoms. The summed E-state index contributed by atoms with van der Waals surface area (Å²) in [5, 5.41) is 9.66. The van der Waals surface area contributed by atoms with Gasteiger partial charge in [-0.15, -0.1) is 0 Å². The zero-order valence-corrected chi connectivity index (χ0v) is 17.7. The summed E-state index contributed by atoms with van der Waals surface area (Å²) in [5.74, 6) is 1.52. The predicted molar refractivity (Wildman–Crippen MR) is 121 cm³/mol. The number of phenols is 1. The molecule has 0 heterocycles. The highest BCUT2D eigenvalue weighted by Crippen LogP contribution is 2.28. The minimum Gasteiger partial charge on any atom is -0.508 e. The highest BCUT2D eigenvalue weighted by molar-refractivity contribution is 6.08. The van der Waals surface area contributed by atoms with Gasteiger partial charge in [-0.1, -0.05) is 30.3 Å². The monoisotopic (exact) mass is 418 g/mol. The van der Waals surface area contributed by atoms with Crippen LogP contribution in [0, 0.1) is 0 Å². The lowest BCUT2D eigenvalue weighted by molar-refractivity contribution is 0.104. The van der Waals surface area contributed by atoms with Crippen molar-refractivity contribution < 1.29 is 24.1 Å². The van der Waals surface area contributed by atoms with Crippen LogP contribution in [-0.4, -0.2) is 24.1 Å². The van der Waals surface area contributed by atoms with Crippen molar-refractivity contribution in [2.45, 2.75) is 20.5 Å². The van der Waals surface area contributed by atoms with Gasteiger partial charge in [0.2, 0.25) is 0 Å². The third kappa shape index (κ3) is 6.12. The van der Waals surface area contributed by atoms with Gasteiger partial charge in [0, 0.05) is 17.7 Å². The second-order valence-corrected chi connectivity index (χ2v) is 6.72. The molecule has 0 bridgehead atoms. The number of ether oxygens (including phenoxy) is 3. The van der Waals surface area contributed by atoms with Gasteiger partial charge in [-0.25, -0.2) is 0 Å². The second kappa shape index (κ2) is 10.9. The number of allylic oxidation sites excluding steroid dienone is 1. The minimum atomic E-state index is -0.200. The molecule has 0 unspecified atom stereocenters. The molecule has 0 atom stereocenters. The molecule has 160 valence electrons. The Hall–Kier alpha value is -3.73. The van der Waals surface area contributed by atoms with E-state index < -0.39 is 0 Å². The summed E-state index contributed by atoms with van der Waals surface area (Å²) in [6, 6.07) is 19.9.